The molecule has 1 aromatic carbocycles. The van der Waals surface area contributed by atoms with Gasteiger partial charge in [-0.05, 0) is 42.9 Å². The van der Waals surface area contributed by atoms with Gasteiger partial charge < -0.3 is 4.74 Å². The molecule has 0 aromatic heterocycles. The van der Waals surface area contributed by atoms with Gasteiger partial charge in [-0.25, -0.2) is 0 Å². The number of hydrogen-bond donors (Lipinski definition) is 0. The normalized spacial score (nSPS) is 11.4. The molecular formula is C43H80O. The summed E-state index contributed by atoms with van der Waals surface area (Å²) < 4.78 is 5.80. The minimum absolute atomic E-state index is 1.12. The molecule has 0 radical (unpaired) electrons. The standard InChI is InChI=1S/C43H80O/c1-4-6-8-10-12-14-16-18-20-22-24-26-28-30-32-34-36-41-38-39-42(43(40-41)44-3)37-35-33-31-29-27-25-23-21-19-17-15-13-11-9-7-5-2/h38-40H,4-37H2,1-3H3. The Hall–Kier alpha value is -0.980. The van der Waals surface area contributed by atoms with Crippen LogP contribution in [0.15, 0.2) is 18.2 Å². The van der Waals surface area contributed by atoms with Gasteiger partial charge in [0.1, 0.15) is 5.75 Å². The lowest BCUT2D eigenvalue weighted by Gasteiger charge is -2.11. The van der Waals surface area contributed by atoms with Crippen LogP contribution in [0.4, 0.5) is 0 Å². The van der Waals surface area contributed by atoms with Gasteiger partial charge in [0.15, 0.2) is 0 Å². The van der Waals surface area contributed by atoms with E-state index in [1.165, 1.54) is 229 Å². The Labute approximate surface area is 278 Å². The van der Waals surface area contributed by atoms with E-state index in [-0.39, 0.29) is 0 Å². The van der Waals surface area contributed by atoms with Gasteiger partial charge in [0, 0.05) is 0 Å². The van der Waals surface area contributed by atoms with E-state index in [2.05, 4.69) is 32.0 Å². The summed E-state index contributed by atoms with van der Waals surface area (Å²) in [5, 5.41) is 0. The molecule has 0 amide bonds. The van der Waals surface area contributed by atoms with E-state index in [1.807, 2.05) is 7.11 Å². The Balaban J connectivity index is 1.93. The first-order valence-electron chi connectivity index (χ1n) is 20.5. The Morgan fingerprint density at radius 2 is 0.659 bits per heavy atom. The topological polar surface area (TPSA) is 9.23 Å². The van der Waals surface area contributed by atoms with E-state index in [1.54, 1.807) is 0 Å². The molecule has 0 aliphatic rings. The van der Waals surface area contributed by atoms with Gasteiger partial charge in [0.05, 0.1) is 7.11 Å². The van der Waals surface area contributed by atoms with Crippen molar-refractivity contribution in [1.29, 1.82) is 0 Å². The number of ether oxygens (including phenoxy) is 1. The zero-order valence-electron chi connectivity index (χ0n) is 30.7. The molecule has 0 N–H and O–H groups in total. The maximum Gasteiger partial charge on any atom is 0.122 e. The summed E-state index contributed by atoms with van der Waals surface area (Å²) in [6.45, 7) is 4.61. The number of hydrogen-bond acceptors (Lipinski definition) is 1. The molecule has 0 saturated heterocycles. The van der Waals surface area contributed by atoms with Crippen molar-refractivity contribution >= 4 is 0 Å². The number of benzene rings is 1. The van der Waals surface area contributed by atoms with Crippen molar-refractivity contribution in [2.45, 2.75) is 232 Å². The highest BCUT2D eigenvalue weighted by Crippen LogP contribution is 2.24. The summed E-state index contributed by atoms with van der Waals surface area (Å²) in [6.07, 6.45) is 48.2. The fraction of sp³-hybridized carbons (Fsp3) is 0.860. The first kappa shape index (κ1) is 41.0. The molecule has 1 rings (SSSR count). The highest BCUT2D eigenvalue weighted by atomic mass is 16.5. The van der Waals surface area contributed by atoms with E-state index in [0.29, 0.717) is 0 Å². The lowest BCUT2D eigenvalue weighted by Crippen LogP contribution is -1.95. The van der Waals surface area contributed by atoms with Crippen LogP contribution in [0.2, 0.25) is 0 Å². The van der Waals surface area contributed by atoms with Gasteiger partial charge in [0.2, 0.25) is 0 Å². The van der Waals surface area contributed by atoms with E-state index in [9.17, 15) is 0 Å². The number of methoxy groups -OCH3 is 1. The van der Waals surface area contributed by atoms with Gasteiger partial charge in [-0.15, -0.1) is 0 Å². The van der Waals surface area contributed by atoms with E-state index >= 15 is 0 Å². The third-order valence-corrected chi connectivity index (χ3v) is 9.97. The van der Waals surface area contributed by atoms with Crippen molar-refractivity contribution in [3.05, 3.63) is 29.3 Å². The van der Waals surface area contributed by atoms with E-state index in [4.69, 9.17) is 4.74 Å². The predicted octanol–water partition coefficient (Wildman–Crippen LogP) is 15.3. The van der Waals surface area contributed by atoms with E-state index < -0.39 is 0 Å². The highest BCUT2D eigenvalue weighted by molar-refractivity contribution is 5.37. The molecule has 0 aliphatic heterocycles. The average Bonchev–Trinajstić information content (AvgIpc) is 3.04. The first-order valence-corrected chi connectivity index (χ1v) is 20.5. The monoisotopic (exact) mass is 613 g/mol. The van der Waals surface area contributed by atoms with Crippen molar-refractivity contribution in [2.24, 2.45) is 0 Å². The number of unbranched alkanes of at least 4 members (excludes halogenated alkanes) is 30. The molecule has 0 heterocycles. The van der Waals surface area contributed by atoms with Crippen LogP contribution in [0.25, 0.3) is 0 Å². The molecule has 1 heteroatoms. The van der Waals surface area contributed by atoms with Crippen LogP contribution in [-0.4, -0.2) is 7.11 Å². The molecule has 0 spiro atoms. The summed E-state index contributed by atoms with van der Waals surface area (Å²) in [6, 6.07) is 7.05. The lowest BCUT2D eigenvalue weighted by molar-refractivity contribution is 0.408. The van der Waals surface area contributed by atoms with Gasteiger partial charge in [0.25, 0.3) is 0 Å². The van der Waals surface area contributed by atoms with Crippen molar-refractivity contribution in [3.63, 3.8) is 0 Å². The quantitative estimate of drug-likeness (QED) is 0.0693. The zero-order chi connectivity index (χ0) is 31.6. The second-order valence-electron chi connectivity index (χ2n) is 14.3. The van der Waals surface area contributed by atoms with Crippen LogP contribution < -0.4 is 4.74 Å². The number of aryl methyl sites for hydroxylation is 2. The van der Waals surface area contributed by atoms with Gasteiger partial charge in [-0.1, -0.05) is 219 Å². The molecule has 0 bridgehead atoms. The fourth-order valence-corrected chi connectivity index (χ4v) is 6.89. The summed E-state index contributed by atoms with van der Waals surface area (Å²) in [5.41, 5.74) is 2.87. The van der Waals surface area contributed by atoms with Crippen molar-refractivity contribution < 1.29 is 4.74 Å². The maximum atomic E-state index is 5.80. The zero-order valence-corrected chi connectivity index (χ0v) is 30.7. The molecule has 258 valence electrons. The summed E-state index contributed by atoms with van der Waals surface area (Å²) in [4.78, 5) is 0. The highest BCUT2D eigenvalue weighted by Gasteiger charge is 2.05. The minimum Gasteiger partial charge on any atom is -0.496 e. The van der Waals surface area contributed by atoms with Gasteiger partial charge in [-0.2, -0.15) is 0 Å². The predicted molar refractivity (Wildman–Crippen MR) is 199 cm³/mol. The fourth-order valence-electron chi connectivity index (χ4n) is 6.89. The summed E-state index contributed by atoms with van der Waals surface area (Å²) >= 11 is 0. The maximum absolute atomic E-state index is 5.80. The lowest BCUT2D eigenvalue weighted by atomic mass is 9.99. The molecular weight excluding hydrogens is 532 g/mol. The van der Waals surface area contributed by atoms with Crippen LogP contribution in [0.3, 0.4) is 0 Å². The van der Waals surface area contributed by atoms with E-state index in [0.717, 1.165) is 5.75 Å². The van der Waals surface area contributed by atoms with Crippen LogP contribution >= 0.6 is 0 Å². The summed E-state index contributed by atoms with van der Waals surface area (Å²) in [5.74, 6) is 1.12. The third kappa shape index (κ3) is 26.3. The van der Waals surface area contributed by atoms with Gasteiger partial charge >= 0.3 is 0 Å². The largest absolute Gasteiger partial charge is 0.496 e. The van der Waals surface area contributed by atoms with Crippen LogP contribution in [-0.2, 0) is 12.8 Å². The molecule has 0 unspecified atom stereocenters. The molecule has 0 atom stereocenters. The van der Waals surface area contributed by atoms with Gasteiger partial charge in [-0.3, -0.25) is 0 Å². The smallest absolute Gasteiger partial charge is 0.122 e. The number of rotatable bonds is 35. The molecule has 1 aromatic rings. The Morgan fingerprint density at radius 3 is 0.977 bits per heavy atom. The minimum atomic E-state index is 1.12. The molecule has 44 heavy (non-hydrogen) atoms. The summed E-state index contributed by atoms with van der Waals surface area (Å²) in [7, 11) is 1.85. The Morgan fingerprint density at radius 1 is 0.364 bits per heavy atom. The van der Waals surface area contributed by atoms with Crippen LogP contribution in [0, 0.1) is 0 Å². The molecule has 1 nitrogen and oxygen atoms in total. The van der Waals surface area contributed by atoms with Crippen LogP contribution in [0.1, 0.15) is 230 Å². The molecule has 0 aliphatic carbocycles. The second-order valence-corrected chi connectivity index (χ2v) is 14.3. The Bertz CT molecular complexity index is 694. The third-order valence-electron chi connectivity index (χ3n) is 9.97. The molecule has 0 saturated carbocycles. The Kier molecular flexibility index (Phi) is 31.1. The first-order chi connectivity index (χ1) is 21.8. The average molecular weight is 613 g/mol. The SMILES string of the molecule is CCCCCCCCCCCCCCCCCCc1ccc(CCCCCCCCCCCCCCCCCC)c(OC)c1. The van der Waals surface area contributed by atoms with Crippen molar-refractivity contribution in [1.82, 2.24) is 0 Å². The van der Waals surface area contributed by atoms with Crippen molar-refractivity contribution in [2.75, 3.05) is 7.11 Å². The second kappa shape index (κ2) is 33.4. The molecule has 0 fully saturated rings. The van der Waals surface area contributed by atoms with Crippen molar-refractivity contribution in [3.8, 4) is 5.75 Å². The van der Waals surface area contributed by atoms with Crippen LogP contribution in [0.5, 0.6) is 5.75 Å².